The number of aromatic nitrogens is 1. The third-order valence-electron chi connectivity index (χ3n) is 4.68. The summed E-state index contributed by atoms with van der Waals surface area (Å²) in [7, 11) is 1.52. The zero-order chi connectivity index (χ0) is 23.6. The van der Waals surface area contributed by atoms with Gasteiger partial charge in [0.05, 0.1) is 16.3 Å². The van der Waals surface area contributed by atoms with Gasteiger partial charge in [-0.1, -0.05) is 23.7 Å². The maximum absolute atomic E-state index is 13.3. The van der Waals surface area contributed by atoms with Gasteiger partial charge in [-0.3, -0.25) is 14.6 Å². The Morgan fingerprint density at radius 1 is 1.03 bits per heavy atom. The maximum Gasteiger partial charge on any atom is 0.586 e. The van der Waals surface area contributed by atoms with E-state index in [1.807, 2.05) is 0 Å². The van der Waals surface area contributed by atoms with Crippen LogP contribution in [0.3, 0.4) is 0 Å². The minimum atomic E-state index is -3.80. The van der Waals surface area contributed by atoms with Crippen LogP contribution < -0.4 is 25.4 Å². The van der Waals surface area contributed by atoms with E-state index >= 15 is 0 Å². The van der Waals surface area contributed by atoms with Gasteiger partial charge in [0.25, 0.3) is 11.8 Å². The molecule has 33 heavy (non-hydrogen) atoms. The molecule has 1 aliphatic heterocycles. The molecule has 0 spiro atoms. The van der Waals surface area contributed by atoms with Crippen LogP contribution in [0.25, 0.3) is 0 Å². The van der Waals surface area contributed by atoms with E-state index in [2.05, 4.69) is 30.4 Å². The van der Waals surface area contributed by atoms with Gasteiger partial charge in [0.1, 0.15) is 5.69 Å². The van der Waals surface area contributed by atoms with Gasteiger partial charge in [-0.2, -0.15) is 0 Å². The summed E-state index contributed by atoms with van der Waals surface area (Å²) in [5.74, 6) is -1.30. The van der Waals surface area contributed by atoms with Crippen LogP contribution in [0.5, 0.6) is 11.5 Å². The lowest BCUT2D eigenvalue weighted by molar-refractivity contribution is -0.286. The Balaban J connectivity index is 1.50. The summed E-state index contributed by atoms with van der Waals surface area (Å²) in [6.45, 7) is 0.316. The normalized spacial score (nSPS) is 13.3. The van der Waals surface area contributed by atoms with Gasteiger partial charge < -0.3 is 25.4 Å². The van der Waals surface area contributed by atoms with E-state index in [0.29, 0.717) is 12.2 Å². The highest BCUT2D eigenvalue weighted by Gasteiger charge is 2.44. The second kappa shape index (κ2) is 8.91. The first kappa shape index (κ1) is 22.3. The van der Waals surface area contributed by atoms with Crippen LogP contribution in [0.15, 0.2) is 54.7 Å². The van der Waals surface area contributed by atoms with Crippen LogP contribution in [0.2, 0.25) is 5.02 Å². The number of carbonyl (C=O) groups excluding carboxylic acids is 2. The van der Waals surface area contributed by atoms with E-state index < -0.39 is 12.2 Å². The Hall–Kier alpha value is -3.92. The number of anilines is 2. The van der Waals surface area contributed by atoms with Crippen molar-refractivity contribution in [2.45, 2.75) is 12.8 Å². The fourth-order valence-corrected chi connectivity index (χ4v) is 3.33. The highest BCUT2D eigenvalue weighted by molar-refractivity contribution is 6.34. The number of para-hydroxylation sites is 1. The van der Waals surface area contributed by atoms with Crippen molar-refractivity contribution in [1.29, 1.82) is 0 Å². The monoisotopic (exact) mass is 474 g/mol. The highest BCUT2D eigenvalue weighted by Crippen LogP contribution is 2.45. The predicted octanol–water partition coefficient (Wildman–Crippen LogP) is 4.28. The summed E-state index contributed by atoms with van der Waals surface area (Å²) in [5, 5.41) is 8.27. The van der Waals surface area contributed by atoms with Crippen molar-refractivity contribution in [2.24, 2.45) is 0 Å². The summed E-state index contributed by atoms with van der Waals surface area (Å²) in [4.78, 5) is 28.7. The largest absolute Gasteiger partial charge is 0.586 e. The molecule has 0 saturated carbocycles. The van der Waals surface area contributed by atoms with E-state index in [9.17, 15) is 18.4 Å². The highest BCUT2D eigenvalue weighted by atomic mass is 35.5. The number of nitrogens with one attached hydrogen (secondary N) is 3. The standard InChI is InChI=1S/C22H17ClF2N4O4/c1-26-21(31)17-8-12(6-7-27-17)11-28-15-5-3-2-4-13(15)20(30)29-16-10-19-18(9-14(16)23)32-22(24,25)33-19/h2-10,28H,11H2,1H3,(H,26,31)(H,29,30). The zero-order valence-electron chi connectivity index (χ0n) is 17.1. The fourth-order valence-electron chi connectivity index (χ4n) is 3.13. The molecule has 3 N–H and O–H groups in total. The number of nitrogens with zero attached hydrogens (tertiary/aromatic N) is 1. The number of carbonyl (C=O) groups is 2. The van der Waals surface area contributed by atoms with Crippen LogP contribution in [-0.2, 0) is 6.54 Å². The smallest absolute Gasteiger partial charge is 0.395 e. The number of hydrogen-bond acceptors (Lipinski definition) is 6. The number of rotatable bonds is 6. The third kappa shape index (κ3) is 4.96. The minimum Gasteiger partial charge on any atom is -0.395 e. The SMILES string of the molecule is CNC(=O)c1cc(CNc2ccccc2C(=O)Nc2cc3c(cc2Cl)OC(F)(F)O3)ccn1. The molecule has 4 rings (SSSR count). The lowest BCUT2D eigenvalue weighted by Gasteiger charge is -2.13. The maximum atomic E-state index is 13.3. The zero-order valence-corrected chi connectivity index (χ0v) is 17.9. The lowest BCUT2D eigenvalue weighted by atomic mass is 10.1. The first-order chi connectivity index (χ1) is 15.8. The van der Waals surface area contributed by atoms with Crippen molar-refractivity contribution in [2.75, 3.05) is 17.7 Å². The Bertz CT molecular complexity index is 1240. The number of halogens is 3. The summed E-state index contributed by atoms with van der Waals surface area (Å²) in [5.41, 5.74) is 1.93. The van der Waals surface area contributed by atoms with Crippen molar-refractivity contribution in [3.8, 4) is 11.5 Å². The number of benzene rings is 2. The summed E-state index contributed by atoms with van der Waals surface area (Å²) < 4.78 is 35.3. The van der Waals surface area contributed by atoms with Crippen LogP contribution in [-0.4, -0.2) is 30.1 Å². The molecule has 0 aliphatic carbocycles. The molecular weight excluding hydrogens is 458 g/mol. The Kier molecular flexibility index (Phi) is 6.01. The number of hydrogen-bond donors (Lipinski definition) is 3. The van der Waals surface area contributed by atoms with E-state index in [0.717, 1.165) is 11.6 Å². The number of ether oxygens (including phenoxy) is 2. The van der Waals surface area contributed by atoms with Crippen molar-refractivity contribution >= 4 is 34.8 Å². The Labute approximate surface area is 191 Å². The van der Waals surface area contributed by atoms with Gasteiger partial charge in [-0.05, 0) is 29.8 Å². The average Bonchev–Trinajstić information content (AvgIpc) is 3.10. The first-order valence-corrected chi connectivity index (χ1v) is 10.0. The third-order valence-corrected chi connectivity index (χ3v) is 4.99. The van der Waals surface area contributed by atoms with E-state index in [1.165, 1.54) is 19.3 Å². The molecule has 1 aromatic heterocycles. The van der Waals surface area contributed by atoms with E-state index in [-0.39, 0.29) is 39.4 Å². The molecule has 0 atom stereocenters. The van der Waals surface area contributed by atoms with Crippen LogP contribution in [0, 0.1) is 0 Å². The van der Waals surface area contributed by atoms with Crippen molar-refractivity contribution in [3.05, 3.63) is 76.6 Å². The molecule has 3 aromatic rings. The van der Waals surface area contributed by atoms with Gasteiger partial charge in [0.15, 0.2) is 11.5 Å². The van der Waals surface area contributed by atoms with Crippen LogP contribution in [0.4, 0.5) is 20.2 Å². The summed E-state index contributed by atoms with van der Waals surface area (Å²) in [6, 6.07) is 12.4. The van der Waals surface area contributed by atoms with Crippen molar-refractivity contribution in [1.82, 2.24) is 10.3 Å². The molecule has 170 valence electrons. The number of fused-ring (bicyclic) bond motifs is 1. The fraction of sp³-hybridized carbons (Fsp3) is 0.136. The molecular formula is C22H17ClF2N4O4. The molecule has 11 heteroatoms. The van der Waals surface area contributed by atoms with E-state index in [4.69, 9.17) is 11.6 Å². The molecule has 0 fully saturated rings. The van der Waals surface area contributed by atoms with Gasteiger partial charge >= 0.3 is 6.29 Å². The van der Waals surface area contributed by atoms with Crippen molar-refractivity contribution in [3.63, 3.8) is 0 Å². The van der Waals surface area contributed by atoms with Gasteiger partial charge in [0, 0.05) is 37.6 Å². The second-order valence-corrected chi connectivity index (χ2v) is 7.34. The molecule has 0 unspecified atom stereocenters. The Morgan fingerprint density at radius 2 is 1.76 bits per heavy atom. The van der Waals surface area contributed by atoms with Crippen LogP contribution >= 0.6 is 11.6 Å². The lowest BCUT2D eigenvalue weighted by Crippen LogP contribution is -2.25. The molecule has 2 amide bonds. The quantitative estimate of drug-likeness (QED) is 0.493. The van der Waals surface area contributed by atoms with Crippen LogP contribution in [0.1, 0.15) is 26.4 Å². The summed E-state index contributed by atoms with van der Waals surface area (Å²) in [6.07, 6.45) is -2.28. The Morgan fingerprint density at radius 3 is 2.52 bits per heavy atom. The number of pyridine rings is 1. The second-order valence-electron chi connectivity index (χ2n) is 6.93. The first-order valence-electron chi connectivity index (χ1n) is 9.66. The molecule has 1 aliphatic rings. The minimum absolute atomic E-state index is 0.00681. The summed E-state index contributed by atoms with van der Waals surface area (Å²) >= 11 is 6.12. The molecule has 0 bridgehead atoms. The van der Waals surface area contributed by atoms with Crippen molar-refractivity contribution < 1.29 is 27.8 Å². The molecule has 8 nitrogen and oxygen atoms in total. The predicted molar refractivity (Wildman–Crippen MR) is 117 cm³/mol. The van der Waals surface area contributed by atoms with Gasteiger partial charge in [-0.25, -0.2) is 0 Å². The van der Waals surface area contributed by atoms with Gasteiger partial charge in [0.2, 0.25) is 0 Å². The average molecular weight is 475 g/mol. The van der Waals surface area contributed by atoms with Gasteiger partial charge in [-0.15, -0.1) is 8.78 Å². The number of amides is 2. The molecule has 2 aromatic carbocycles. The molecule has 0 saturated heterocycles. The van der Waals surface area contributed by atoms with E-state index in [1.54, 1.807) is 36.4 Å². The topological polar surface area (TPSA) is 102 Å². The molecule has 2 heterocycles. The number of alkyl halides is 2. The molecule has 0 radical (unpaired) electrons.